The summed E-state index contributed by atoms with van der Waals surface area (Å²) in [5.41, 5.74) is 4.66. The van der Waals surface area contributed by atoms with Crippen molar-refractivity contribution in [2.45, 2.75) is 18.1 Å². The number of nitrogens with zero attached hydrogens (tertiary/aromatic N) is 3. The molecule has 1 fully saturated rings. The maximum absolute atomic E-state index is 14.5. The minimum absolute atomic E-state index is 0.0247. The van der Waals surface area contributed by atoms with Crippen LogP contribution in [0.4, 0.5) is 14.5 Å². The molecule has 0 saturated heterocycles. The Labute approximate surface area is 169 Å². The lowest BCUT2D eigenvalue weighted by Gasteiger charge is -2.32. The number of aliphatic imine (C=N–C) groups is 1. The first-order chi connectivity index (χ1) is 13.9. The van der Waals surface area contributed by atoms with Crippen molar-refractivity contribution >= 4 is 29.2 Å². The van der Waals surface area contributed by atoms with Crippen LogP contribution >= 0.6 is 11.6 Å². The van der Waals surface area contributed by atoms with Crippen LogP contribution in [-0.4, -0.2) is 29.7 Å². The van der Waals surface area contributed by atoms with Gasteiger partial charge in [-0.2, -0.15) is 5.26 Å². The third-order valence-corrected chi connectivity index (χ3v) is 5.39. The molecular formula is C19H14ClF2N5O2. The highest BCUT2D eigenvalue weighted by Gasteiger charge is 2.60. The topological polar surface area (TPSA) is 113 Å². The Kier molecular flexibility index (Phi) is 4.59. The van der Waals surface area contributed by atoms with Crippen molar-refractivity contribution < 1.29 is 18.3 Å². The van der Waals surface area contributed by atoms with Crippen molar-refractivity contribution in [1.82, 2.24) is 4.98 Å². The summed E-state index contributed by atoms with van der Waals surface area (Å²) in [6.07, 6.45) is 1.45. The number of amides is 1. The molecule has 10 heteroatoms. The van der Waals surface area contributed by atoms with E-state index in [0.29, 0.717) is 12.0 Å². The van der Waals surface area contributed by atoms with Crippen LogP contribution in [0.2, 0.25) is 5.02 Å². The SMILES string of the molecule is N#Cc1ccc(C(=O)Nc2cc(F)c(Cl)c(C3(CF)N=C(N)OC4CC43)c2)nc1. The number of aromatic nitrogens is 1. The molecule has 1 saturated carbocycles. The van der Waals surface area contributed by atoms with Gasteiger partial charge in [-0.3, -0.25) is 4.79 Å². The predicted molar refractivity (Wildman–Crippen MR) is 101 cm³/mol. The summed E-state index contributed by atoms with van der Waals surface area (Å²) in [7, 11) is 0. The smallest absolute Gasteiger partial charge is 0.283 e. The van der Waals surface area contributed by atoms with E-state index in [1.54, 1.807) is 0 Å². The largest absolute Gasteiger partial charge is 0.462 e. The number of carbonyl (C=O) groups is 1. The number of anilines is 1. The molecule has 2 aliphatic rings. The summed E-state index contributed by atoms with van der Waals surface area (Å²) >= 11 is 6.14. The van der Waals surface area contributed by atoms with Gasteiger partial charge in [0.2, 0.25) is 0 Å². The monoisotopic (exact) mass is 417 g/mol. The van der Waals surface area contributed by atoms with Crippen LogP contribution in [0.25, 0.3) is 0 Å². The summed E-state index contributed by atoms with van der Waals surface area (Å²) < 4.78 is 34.0. The van der Waals surface area contributed by atoms with E-state index in [2.05, 4.69) is 15.3 Å². The van der Waals surface area contributed by atoms with Gasteiger partial charge in [-0.1, -0.05) is 11.6 Å². The number of benzene rings is 1. The fourth-order valence-corrected chi connectivity index (χ4v) is 3.76. The fraction of sp³-hybridized carbons (Fsp3) is 0.263. The number of hydrogen-bond acceptors (Lipinski definition) is 6. The third-order valence-electron chi connectivity index (χ3n) is 5.01. The van der Waals surface area contributed by atoms with Gasteiger partial charge >= 0.3 is 0 Å². The number of carbonyl (C=O) groups excluding carboxylic acids is 1. The number of fused-ring (bicyclic) bond motifs is 1. The summed E-state index contributed by atoms with van der Waals surface area (Å²) in [5.74, 6) is -1.80. The van der Waals surface area contributed by atoms with E-state index >= 15 is 0 Å². The first kappa shape index (κ1) is 19.1. The summed E-state index contributed by atoms with van der Waals surface area (Å²) in [4.78, 5) is 20.4. The number of hydrogen-bond donors (Lipinski definition) is 2. The number of halogens is 3. The highest BCUT2D eigenvalue weighted by molar-refractivity contribution is 6.31. The van der Waals surface area contributed by atoms with Gasteiger partial charge in [-0.05, 0) is 30.7 Å². The maximum Gasteiger partial charge on any atom is 0.283 e. The second-order valence-corrected chi connectivity index (χ2v) is 7.20. The van der Waals surface area contributed by atoms with Gasteiger partial charge < -0.3 is 15.8 Å². The number of ether oxygens (including phenoxy) is 1. The zero-order valence-corrected chi connectivity index (χ0v) is 15.6. The van der Waals surface area contributed by atoms with Crippen LogP contribution in [0.3, 0.4) is 0 Å². The Morgan fingerprint density at radius 3 is 2.93 bits per heavy atom. The molecule has 4 rings (SSSR count). The van der Waals surface area contributed by atoms with E-state index < -0.39 is 23.9 Å². The number of nitrogens with one attached hydrogen (secondary N) is 1. The van der Waals surface area contributed by atoms with E-state index in [1.165, 1.54) is 24.4 Å². The molecule has 2 heterocycles. The van der Waals surface area contributed by atoms with E-state index in [1.807, 2.05) is 6.07 Å². The van der Waals surface area contributed by atoms with Gasteiger partial charge in [-0.15, -0.1) is 0 Å². The molecule has 3 atom stereocenters. The molecule has 7 nitrogen and oxygen atoms in total. The highest BCUT2D eigenvalue weighted by Crippen LogP contribution is 2.54. The molecule has 1 aliphatic heterocycles. The van der Waals surface area contributed by atoms with E-state index in [4.69, 9.17) is 27.3 Å². The molecule has 1 amide bonds. The quantitative estimate of drug-likeness (QED) is 0.794. The minimum atomic E-state index is -1.47. The lowest BCUT2D eigenvalue weighted by atomic mass is 9.85. The van der Waals surface area contributed by atoms with Crippen molar-refractivity contribution in [2.24, 2.45) is 16.6 Å². The molecule has 0 bridgehead atoms. The van der Waals surface area contributed by atoms with Gasteiger partial charge in [0.1, 0.15) is 35.9 Å². The summed E-state index contributed by atoms with van der Waals surface area (Å²) in [6.45, 7) is -0.952. The Balaban J connectivity index is 1.70. The molecule has 3 N–H and O–H groups in total. The Morgan fingerprint density at radius 2 is 2.28 bits per heavy atom. The summed E-state index contributed by atoms with van der Waals surface area (Å²) in [6, 6.07) is 6.91. The van der Waals surface area contributed by atoms with Crippen molar-refractivity contribution in [1.29, 1.82) is 5.26 Å². The zero-order valence-electron chi connectivity index (χ0n) is 14.8. The number of amidine groups is 1. The van der Waals surface area contributed by atoms with Crippen LogP contribution in [0.5, 0.6) is 0 Å². The number of alkyl halides is 1. The average molecular weight is 418 g/mol. The molecule has 0 radical (unpaired) electrons. The second-order valence-electron chi connectivity index (χ2n) is 6.82. The van der Waals surface area contributed by atoms with Crippen LogP contribution in [0.1, 0.15) is 28.0 Å². The second kappa shape index (κ2) is 6.97. The van der Waals surface area contributed by atoms with Crippen LogP contribution < -0.4 is 11.1 Å². The van der Waals surface area contributed by atoms with E-state index in [9.17, 15) is 13.6 Å². The van der Waals surface area contributed by atoms with E-state index in [0.717, 1.165) is 6.07 Å². The van der Waals surface area contributed by atoms with Crippen molar-refractivity contribution in [3.8, 4) is 6.07 Å². The fourth-order valence-electron chi connectivity index (χ4n) is 3.49. The number of rotatable bonds is 4. The van der Waals surface area contributed by atoms with Crippen molar-refractivity contribution in [2.75, 3.05) is 12.0 Å². The third kappa shape index (κ3) is 3.25. The van der Waals surface area contributed by atoms with Crippen LogP contribution in [0.15, 0.2) is 35.5 Å². The first-order valence-corrected chi connectivity index (χ1v) is 9.00. The summed E-state index contributed by atoms with van der Waals surface area (Å²) in [5, 5.41) is 11.0. The average Bonchev–Trinajstić information content (AvgIpc) is 3.49. The van der Waals surface area contributed by atoms with Gasteiger partial charge in [-0.25, -0.2) is 18.8 Å². The molecule has 0 spiro atoms. The predicted octanol–water partition coefficient (Wildman–Crippen LogP) is 2.90. The van der Waals surface area contributed by atoms with Crippen molar-refractivity contribution in [3.05, 3.63) is 58.1 Å². The Morgan fingerprint density at radius 1 is 1.48 bits per heavy atom. The first-order valence-electron chi connectivity index (χ1n) is 8.63. The number of pyridine rings is 1. The number of nitrogens with two attached hydrogens (primary N) is 1. The highest BCUT2D eigenvalue weighted by atomic mass is 35.5. The van der Waals surface area contributed by atoms with Gasteiger partial charge in [0.15, 0.2) is 0 Å². The molecule has 1 aromatic heterocycles. The van der Waals surface area contributed by atoms with Gasteiger partial charge in [0.05, 0.1) is 10.6 Å². The van der Waals surface area contributed by atoms with Crippen LogP contribution in [-0.2, 0) is 10.3 Å². The van der Waals surface area contributed by atoms with E-state index in [-0.39, 0.29) is 40.0 Å². The zero-order chi connectivity index (χ0) is 20.8. The van der Waals surface area contributed by atoms with Gasteiger partial charge in [0.25, 0.3) is 11.9 Å². The molecule has 148 valence electrons. The Hall–Kier alpha value is -3.25. The Bertz CT molecular complexity index is 1070. The maximum atomic E-state index is 14.5. The molecule has 2 aromatic rings. The molecule has 29 heavy (non-hydrogen) atoms. The number of nitriles is 1. The standard InChI is InChI=1S/C19H14ClF2N5O2/c20-16-12(19(8-21)11-5-15(11)29-18(24)27-19)3-10(4-13(16)22)26-17(28)14-2-1-9(6-23)7-25-14/h1-4,7,11,15H,5,8H2,(H2,24,27)(H,26,28). The van der Waals surface area contributed by atoms with Crippen molar-refractivity contribution in [3.63, 3.8) is 0 Å². The van der Waals surface area contributed by atoms with Crippen LogP contribution in [0, 0.1) is 23.1 Å². The minimum Gasteiger partial charge on any atom is -0.462 e. The normalized spacial score (nSPS) is 24.6. The molecule has 1 aromatic carbocycles. The molecule has 1 aliphatic carbocycles. The molecule has 3 unspecified atom stereocenters. The lowest BCUT2D eigenvalue weighted by Crippen LogP contribution is -2.39. The van der Waals surface area contributed by atoms with Gasteiger partial charge in [0, 0.05) is 23.4 Å². The molecular weight excluding hydrogens is 404 g/mol. The lowest BCUT2D eigenvalue weighted by molar-refractivity contribution is 0.102.